The standard InChI is InChI=1S/C29H48O5/c1-10-23(30)34-29-22(16-13-19(6)7)27(32)24(28(33)25(29)26(31)20(8)9)21(14-11-17(2)3)15-12-18(4)5/h17-21,24,31H,10-16H2,1-9H3. The van der Waals surface area contributed by atoms with Gasteiger partial charge < -0.3 is 9.84 Å². The maximum atomic E-state index is 13.9. The number of carbonyl (C=O) groups excluding carboxylic acids is 3. The smallest absolute Gasteiger partial charge is 0.310 e. The van der Waals surface area contributed by atoms with E-state index < -0.39 is 11.9 Å². The summed E-state index contributed by atoms with van der Waals surface area (Å²) in [5, 5.41) is 11.0. The monoisotopic (exact) mass is 476 g/mol. The highest BCUT2D eigenvalue weighted by atomic mass is 16.5. The average Bonchev–Trinajstić information content (AvgIpc) is 2.73. The molecule has 0 saturated carbocycles. The lowest BCUT2D eigenvalue weighted by molar-refractivity contribution is -0.139. The van der Waals surface area contributed by atoms with Gasteiger partial charge >= 0.3 is 5.97 Å². The molecule has 0 spiro atoms. The van der Waals surface area contributed by atoms with E-state index in [9.17, 15) is 19.5 Å². The fraction of sp³-hybridized carbons (Fsp3) is 0.759. The third-order valence-corrected chi connectivity index (χ3v) is 6.59. The van der Waals surface area contributed by atoms with Gasteiger partial charge in [-0.05, 0) is 49.4 Å². The van der Waals surface area contributed by atoms with Crippen LogP contribution < -0.4 is 0 Å². The first-order valence-electron chi connectivity index (χ1n) is 13.3. The van der Waals surface area contributed by atoms with Crippen molar-refractivity contribution in [2.45, 2.75) is 107 Å². The van der Waals surface area contributed by atoms with Crippen molar-refractivity contribution >= 4 is 17.5 Å². The lowest BCUT2D eigenvalue weighted by Crippen LogP contribution is -2.40. The van der Waals surface area contributed by atoms with Crippen LogP contribution in [0.25, 0.3) is 0 Å². The van der Waals surface area contributed by atoms with Gasteiger partial charge in [0.25, 0.3) is 0 Å². The summed E-state index contributed by atoms with van der Waals surface area (Å²) in [6.45, 7) is 18.0. The highest BCUT2D eigenvalue weighted by Gasteiger charge is 2.46. The molecule has 0 aliphatic heterocycles. The molecule has 0 fully saturated rings. The summed E-state index contributed by atoms with van der Waals surface area (Å²) in [5.74, 6) is -1.23. The van der Waals surface area contributed by atoms with E-state index in [1.54, 1.807) is 20.8 Å². The molecule has 1 atom stereocenters. The molecule has 1 aliphatic carbocycles. The molecule has 34 heavy (non-hydrogen) atoms. The molecule has 5 nitrogen and oxygen atoms in total. The van der Waals surface area contributed by atoms with Crippen molar-refractivity contribution in [2.24, 2.45) is 35.5 Å². The number of esters is 1. The summed E-state index contributed by atoms with van der Waals surface area (Å²) in [4.78, 5) is 40.1. The molecular formula is C29H48O5. The lowest BCUT2D eigenvalue weighted by Gasteiger charge is -2.33. The minimum absolute atomic E-state index is 0.00332. The molecule has 1 aliphatic rings. The second kappa shape index (κ2) is 13.8. The zero-order valence-electron chi connectivity index (χ0n) is 23.0. The molecule has 0 heterocycles. The number of hydrogen-bond acceptors (Lipinski definition) is 5. The molecule has 0 bridgehead atoms. The van der Waals surface area contributed by atoms with Gasteiger partial charge in [-0.2, -0.15) is 0 Å². The summed E-state index contributed by atoms with van der Waals surface area (Å²) >= 11 is 0. The molecule has 0 amide bonds. The summed E-state index contributed by atoms with van der Waals surface area (Å²) in [6.07, 6.45) is 4.69. The van der Waals surface area contributed by atoms with E-state index in [1.165, 1.54) is 0 Å². The molecule has 0 aromatic carbocycles. The van der Waals surface area contributed by atoms with Crippen LogP contribution in [0.3, 0.4) is 0 Å². The summed E-state index contributed by atoms with van der Waals surface area (Å²) in [5.41, 5.74) is 0.431. The molecular weight excluding hydrogens is 428 g/mol. The summed E-state index contributed by atoms with van der Waals surface area (Å²) in [6, 6.07) is 0. The number of rotatable bonds is 13. The van der Waals surface area contributed by atoms with Crippen LogP contribution in [0.1, 0.15) is 107 Å². The molecule has 0 saturated heterocycles. The number of allylic oxidation sites excluding steroid dienone is 3. The molecule has 0 aromatic rings. The maximum absolute atomic E-state index is 13.9. The van der Waals surface area contributed by atoms with E-state index in [1.807, 2.05) is 0 Å². The van der Waals surface area contributed by atoms with Gasteiger partial charge in [-0.3, -0.25) is 14.4 Å². The molecule has 1 unspecified atom stereocenters. The van der Waals surface area contributed by atoms with E-state index in [4.69, 9.17) is 4.74 Å². The lowest BCUT2D eigenvalue weighted by atomic mass is 9.70. The minimum Gasteiger partial charge on any atom is -0.511 e. The number of ketones is 2. The molecule has 194 valence electrons. The second-order valence-electron chi connectivity index (χ2n) is 11.4. The van der Waals surface area contributed by atoms with Gasteiger partial charge in [0, 0.05) is 17.9 Å². The van der Waals surface area contributed by atoms with Crippen molar-refractivity contribution in [3.63, 3.8) is 0 Å². The normalized spacial score (nSPS) is 18.8. The van der Waals surface area contributed by atoms with Crippen LogP contribution >= 0.6 is 0 Å². The molecule has 1 rings (SSSR count). The fourth-order valence-corrected chi connectivity index (χ4v) is 4.34. The fourth-order valence-electron chi connectivity index (χ4n) is 4.34. The van der Waals surface area contributed by atoms with Crippen molar-refractivity contribution in [1.29, 1.82) is 0 Å². The van der Waals surface area contributed by atoms with Gasteiger partial charge in [0.2, 0.25) is 0 Å². The Morgan fingerprint density at radius 3 is 1.74 bits per heavy atom. The number of hydrogen-bond donors (Lipinski definition) is 1. The Labute approximate surface area is 207 Å². The molecule has 5 heteroatoms. The van der Waals surface area contributed by atoms with Crippen molar-refractivity contribution in [3.8, 4) is 0 Å². The van der Waals surface area contributed by atoms with Crippen LogP contribution in [0.5, 0.6) is 0 Å². The number of aliphatic hydroxyl groups is 1. The zero-order valence-corrected chi connectivity index (χ0v) is 23.0. The Morgan fingerprint density at radius 1 is 0.824 bits per heavy atom. The van der Waals surface area contributed by atoms with Crippen molar-refractivity contribution in [3.05, 3.63) is 22.7 Å². The molecule has 0 radical (unpaired) electrons. The van der Waals surface area contributed by atoms with Crippen LogP contribution in [0.4, 0.5) is 0 Å². The van der Waals surface area contributed by atoms with Crippen molar-refractivity contribution in [2.75, 3.05) is 0 Å². The first-order valence-corrected chi connectivity index (χ1v) is 13.3. The van der Waals surface area contributed by atoms with Crippen LogP contribution in [-0.2, 0) is 19.1 Å². The van der Waals surface area contributed by atoms with Crippen molar-refractivity contribution < 1.29 is 24.2 Å². The Hall–Kier alpha value is -1.91. The molecule has 1 N–H and O–H groups in total. The maximum Gasteiger partial charge on any atom is 0.310 e. The summed E-state index contributed by atoms with van der Waals surface area (Å²) in [7, 11) is 0. The van der Waals surface area contributed by atoms with E-state index in [-0.39, 0.29) is 46.9 Å². The molecule has 0 aromatic heterocycles. The number of Topliss-reactive ketones (excluding diaryl/α,β-unsaturated/α-hetero) is 2. The van der Waals surface area contributed by atoms with Gasteiger partial charge in [0.15, 0.2) is 17.3 Å². The van der Waals surface area contributed by atoms with Gasteiger partial charge in [0.05, 0.1) is 11.5 Å². The van der Waals surface area contributed by atoms with Gasteiger partial charge in [-0.15, -0.1) is 0 Å². The van der Waals surface area contributed by atoms with Gasteiger partial charge in [0.1, 0.15) is 5.76 Å². The van der Waals surface area contributed by atoms with Crippen LogP contribution in [-0.4, -0.2) is 22.6 Å². The second-order valence-corrected chi connectivity index (χ2v) is 11.4. The first kappa shape index (κ1) is 30.1. The SMILES string of the molecule is CCC(=O)OC1=C(CCC(C)C)C(=O)C(C(CCC(C)C)CCC(C)C)C(=O)C1=C(O)C(C)C. The highest BCUT2D eigenvalue weighted by molar-refractivity contribution is 6.22. The van der Waals surface area contributed by atoms with E-state index >= 15 is 0 Å². The van der Waals surface area contributed by atoms with Gasteiger partial charge in [-0.25, -0.2) is 0 Å². The summed E-state index contributed by atoms with van der Waals surface area (Å²) < 4.78 is 5.62. The van der Waals surface area contributed by atoms with E-state index in [2.05, 4.69) is 41.5 Å². The Bertz CT molecular complexity index is 770. The highest BCUT2D eigenvalue weighted by Crippen LogP contribution is 2.41. The van der Waals surface area contributed by atoms with Crippen LogP contribution in [0.15, 0.2) is 22.7 Å². The van der Waals surface area contributed by atoms with E-state index in [0.717, 1.165) is 32.1 Å². The number of ether oxygens (including phenoxy) is 1. The Kier molecular flexibility index (Phi) is 12.3. The zero-order chi connectivity index (χ0) is 26.2. The Morgan fingerprint density at radius 2 is 1.32 bits per heavy atom. The van der Waals surface area contributed by atoms with Crippen molar-refractivity contribution in [1.82, 2.24) is 0 Å². The van der Waals surface area contributed by atoms with Crippen LogP contribution in [0, 0.1) is 35.5 Å². The third kappa shape index (κ3) is 8.39. The Balaban J connectivity index is 3.72. The topological polar surface area (TPSA) is 80.7 Å². The third-order valence-electron chi connectivity index (χ3n) is 6.59. The van der Waals surface area contributed by atoms with E-state index in [0.29, 0.717) is 29.7 Å². The minimum atomic E-state index is -0.834. The van der Waals surface area contributed by atoms with Gasteiger partial charge in [-0.1, -0.05) is 75.2 Å². The van der Waals surface area contributed by atoms with Crippen LogP contribution in [0.2, 0.25) is 0 Å². The first-order chi connectivity index (χ1) is 15.8. The predicted octanol–water partition coefficient (Wildman–Crippen LogP) is 7.35. The average molecular weight is 477 g/mol. The number of carbonyl (C=O) groups is 3. The predicted molar refractivity (Wildman–Crippen MR) is 137 cm³/mol. The number of aliphatic hydroxyl groups excluding tert-OH is 1. The quantitative estimate of drug-likeness (QED) is 0.130. The largest absolute Gasteiger partial charge is 0.511 e.